The third-order valence-electron chi connectivity index (χ3n) is 4.16. The molecule has 0 radical (unpaired) electrons. The lowest BCUT2D eigenvalue weighted by molar-refractivity contribution is -0.0140. The SMILES string of the molecule is Cc1cc(F)ccc1C1CC(OCCOS(C)(=O)=O)CCN1C(N)=O. The van der Waals surface area contributed by atoms with Crippen molar-refractivity contribution in [1.29, 1.82) is 0 Å². The van der Waals surface area contributed by atoms with E-state index in [0.29, 0.717) is 19.4 Å². The van der Waals surface area contributed by atoms with Crippen LogP contribution in [0, 0.1) is 12.7 Å². The molecule has 0 saturated carbocycles. The second kappa shape index (κ2) is 8.11. The third-order valence-corrected chi connectivity index (χ3v) is 4.76. The second-order valence-electron chi connectivity index (χ2n) is 6.09. The number of benzene rings is 1. The zero-order chi connectivity index (χ0) is 18.6. The molecule has 2 N–H and O–H groups in total. The molecule has 0 bridgehead atoms. The van der Waals surface area contributed by atoms with Crippen molar-refractivity contribution in [2.24, 2.45) is 5.73 Å². The number of halogens is 1. The number of ether oxygens (including phenoxy) is 1. The van der Waals surface area contributed by atoms with Gasteiger partial charge in [0.05, 0.1) is 31.6 Å². The number of urea groups is 1. The van der Waals surface area contributed by atoms with Crippen LogP contribution in [0.5, 0.6) is 0 Å². The largest absolute Gasteiger partial charge is 0.376 e. The van der Waals surface area contributed by atoms with Gasteiger partial charge in [-0.2, -0.15) is 8.42 Å². The summed E-state index contributed by atoms with van der Waals surface area (Å²) in [5, 5.41) is 0. The number of nitrogens with two attached hydrogens (primary N) is 1. The van der Waals surface area contributed by atoms with E-state index in [1.807, 2.05) is 0 Å². The molecule has 0 aromatic heterocycles. The fraction of sp³-hybridized carbons (Fsp3) is 0.562. The summed E-state index contributed by atoms with van der Waals surface area (Å²) in [6.07, 6.45) is 1.88. The van der Waals surface area contributed by atoms with Gasteiger partial charge in [-0.15, -0.1) is 0 Å². The Hall–Kier alpha value is -1.71. The fourth-order valence-electron chi connectivity index (χ4n) is 3.06. The number of hydrogen-bond acceptors (Lipinski definition) is 5. The molecule has 1 aromatic rings. The predicted octanol–water partition coefficient (Wildman–Crippen LogP) is 1.71. The van der Waals surface area contributed by atoms with Crippen LogP contribution in [-0.4, -0.2) is 51.5 Å². The van der Waals surface area contributed by atoms with Crippen molar-refractivity contribution in [3.8, 4) is 0 Å². The summed E-state index contributed by atoms with van der Waals surface area (Å²) in [6.45, 7) is 2.26. The Morgan fingerprint density at radius 1 is 1.40 bits per heavy atom. The standard InChI is InChI=1S/C16H23FN2O5S/c1-11-9-12(17)3-4-14(11)15-10-13(5-6-19(15)16(18)20)23-7-8-24-25(2,21)22/h3-4,9,13,15H,5-8,10H2,1-2H3,(H2,18,20). The van der Waals surface area contributed by atoms with Gasteiger partial charge in [0.25, 0.3) is 10.1 Å². The minimum Gasteiger partial charge on any atom is -0.376 e. The number of rotatable bonds is 6. The Morgan fingerprint density at radius 3 is 2.72 bits per heavy atom. The molecule has 1 aliphatic rings. The number of likely N-dealkylation sites (tertiary alicyclic amines) is 1. The molecule has 0 spiro atoms. The van der Waals surface area contributed by atoms with Crippen LogP contribution >= 0.6 is 0 Å². The van der Waals surface area contributed by atoms with Gasteiger partial charge in [0.1, 0.15) is 5.82 Å². The highest BCUT2D eigenvalue weighted by molar-refractivity contribution is 7.85. The number of carbonyl (C=O) groups excluding carboxylic acids is 1. The maximum absolute atomic E-state index is 13.4. The minimum absolute atomic E-state index is 0.0604. The Kier molecular flexibility index (Phi) is 6.36. The molecule has 25 heavy (non-hydrogen) atoms. The first-order valence-electron chi connectivity index (χ1n) is 7.95. The van der Waals surface area contributed by atoms with E-state index in [1.165, 1.54) is 12.1 Å². The Labute approximate surface area is 147 Å². The van der Waals surface area contributed by atoms with Crippen LogP contribution in [0.1, 0.15) is 30.0 Å². The predicted molar refractivity (Wildman–Crippen MR) is 89.9 cm³/mol. The average Bonchev–Trinajstić information content (AvgIpc) is 2.50. The van der Waals surface area contributed by atoms with Gasteiger partial charge in [-0.3, -0.25) is 4.18 Å². The van der Waals surface area contributed by atoms with Gasteiger partial charge < -0.3 is 15.4 Å². The zero-order valence-corrected chi connectivity index (χ0v) is 15.1. The monoisotopic (exact) mass is 374 g/mol. The summed E-state index contributed by atoms with van der Waals surface area (Å²) in [7, 11) is -3.50. The van der Waals surface area contributed by atoms with Gasteiger partial charge in [0.2, 0.25) is 0 Å². The van der Waals surface area contributed by atoms with Crippen LogP contribution in [0.2, 0.25) is 0 Å². The van der Waals surface area contributed by atoms with E-state index in [9.17, 15) is 17.6 Å². The number of piperidine rings is 1. The zero-order valence-electron chi connectivity index (χ0n) is 14.3. The first-order chi connectivity index (χ1) is 11.7. The molecule has 0 aliphatic carbocycles. The van der Waals surface area contributed by atoms with E-state index in [4.69, 9.17) is 10.5 Å². The first-order valence-corrected chi connectivity index (χ1v) is 9.77. The third kappa shape index (κ3) is 5.65. The molecule has 140 valence electrons. The maximum atomic E-state index is 13.4. The van der Waals surface area contributed by atoms with Gasteiger partial charge in [0, 0.05) is 6.54 Å². The van der Waals surface area contributed by atoms with Crippen molar-refractivity contribution in [3.05, 3.63) is 35.1 Å². The number of hydrogen-bond donors (Lipinski definition) is 1. The van der Waals surface area contributed by atoms with Crippen LogP contribution in [-0.2, 0) is 19.0 Å². The molecule has 1 heterocycles. The molecule has 9 heteroatoms. The molecule has 1 aliphatic heterocycles. The Bertz CT molecular complexity index is 725. The van der Waals surface area contributed by atoms with Gasteiger partial charge in [0.15, 0.2) is 0 Å². The highest BCUT2D eigenvalue weighted by Crippen LogP contribution is 2.34. The quantitative estimate of drug-likeness (QED) is 0.604. The average molecular weight is 374 g/mol. The molecular formula is C16H23FN2O5S. The number of aryl methyl sites for hydroxylation is 1. The van der Waals surface area contributed by atoms with E-state index in [2.05, 4.69) is 4.18 Å². The highest BCUT2D eigenvalue weighted by Gasteiger charge is 2.33. The van der Waals surface area contributed by atoms with Crippen LogP contribution in [0.3, 0.4) is 0 Å². The molecule has 1 saturated heterocycles. The molecule has 2 unspecified atom stereocenters. The van der Waals surface area contributed by atoms with Gasteiger partial charge >= 0.3 is 6.03 Å². The molecule has 2 amide bonds. The smallest absolute Gasteiger partial charge is 0.315 e. The summed E-state index contributed by atoms with van der Waals surface area (Å²) in [5.74, 6) is -0.339. The number of nitrogens with zero attached hydrogens (tertiary/aromatic N) is 1. The topological polar surface area (TPSA) is 98.9 Å². The van der Waals surface area contributed by atoms with Crippen molar-refractivity contribution in [3.63, 3.8) is 0 Å². The highest BCUT2D eigenvalue weighted by atomic mass is 32.2. The molecule has 7 nitrogen and oxygen atoms in total. The van der Waals surface area contributed by atoms with Crippen molar-refractivity contribution in [2.75, 3.05) is 26.0 Å². The summed E-state index contributed by atoms with van der Waals surface area (Å²) in [4.78, 5) is 13.3. The molecule has 1 fully saturated rings. The van der Waals surface area contributed by atoms with Gasteiger partial charge in [-0.1, -0.05) is 6.07 Å². The van der Waals surface area contributed by atoms with Crippen LogP contribution in [0.25, 0.3) is 0 Å². The lowest BCUT2D eigenvalue weighted by atomic mass is 9.91. The summed E-state index contributed by atoms with van der Waals surface area (Å²) in [5.41, 5.74) is 7.03. The van der Waals surface area contributed by atoms with Crippen molar-refractivity contribution < 1.29 is 26.5 Å². The van der Waals surface area contributed by atoms with Crippen LogP contribution < -0.4 is 5.73 Å². The van der Waals surface area contributed by atoms with Crippen LogP contribution in [0.4, 0.5) is 9.18 Å². The Morgan fingerprint density at radius 2 is 2.12 bits per heavy atom. The molecule has 1 aromatic carbocycles. The molecule has 2 rings (SSSR count). The van der Waals surface area contributed by atoms with E-state index in [1.54, 1.807) is 17.9 Å². The first kappa shape index (κ1) is 19.6. The normalized spacial score (nSPS) is 21.3. The number of amides is 2. The lowest BCUT2D eigenvalue weighted by Crippen LogP contribution is -2.46. The van der Waals surface area contributed by atoms with Crippen molar-refractivity contribution >= 4 is 16.1 Å². The van der Waals surface area contributed by atoms with Gasteiger partial charge in [-0.05, 0) is 43.0 Å². The summed E-state index contributed by atoms with van der Waals surface area (Å²) >= 11 is 0. The van der Waals surface area contributed by atoms with E-state index >= 15 is 0 Å². The number of primary amides is 1. The van der Waals surface area contributed by atoms with Crippen LogP contribution in [0.15, 0.2) is 18.2 Å². The van der Waals surface area contributed by atoms with E-state index in [-0.39, 0.29) is 31.2 Å². The Balaban J connectivity index is 2.05. The molecular weight excluding hydrogens is 351 g/mol. The molecule has 2 atom stereocenters. The maximum Gasteiger partial charge on any atom is 0.315 e. The summed E-state index contributed by atoms with van der Waals surface area (Å²) in [6, 6.07) is 3.57. The lowest BCUT2D eigenvalue weighted by Gasteiger charge is -2.39. The number of carbonyl (C=O) groups is 1. The van der Waals surface area contributed by atoms with E-state index in [0.717, 1.165) is 17.4 Å². The van der Waals surface area contributed by atoms with Crippen molar-refractivity contribution in [1.82, 2.24) is 4.90 Å². The minimum atomic E-state index is -3.50. The van der Waals surface area contributed by atoms with Gasteiger partial charge in [-0.25, -0.2) is 9.18 Å². The fourth-order valence-corrected chi connectivity index (χ4v) is 3.43. The second-order valence-corrected chi connectivity index (χ2v) is 7.74. The van der Waals surface area contributed by atoms with E-state index < -0.39 is 16.1 Å². The van der Waals surface area contributed by atoms with Crippen molar-refractivity contribution in [2.45, 2.75) is 31.9 Å². The summed E-state index contributed by atoms with van der Waals surface area (Å²) < 4.78 is 45.6.